The van der Waals surface area contributed by atoms with Gasteiger partial charge in [-0.05, 0) is 5.92 Å². The number of aromatic nitrogens is 1. The summed E-state index contributed by atoms with van der Waals surface area (Å²) < 4.78 is 5.45. The van der Waals surface area contributed by atoms with Crippen LogP contribution in [-0.4, -0.2) is 11.6 Å². The summed E-state index contributed by atoms with van der Waals surface area (Å²) in [7, 11) is 0. The molecule has 2 heterocycles. The summed E-state index contributed by atoms with van der Waals surface area (Å²) in [5.74, 6) is 1.52. The Balaban J connectivity index is 2.39. The number of nitrogens with zero attached hydrogens (tertiary/aromatic N) is 1. The van der Waals surface area contributed by atoms with Crippen molar-refractivity contribution in [3.8, 4) is 5.75 Å². The lowest BCUT2D eigenvalue weighted by Crippen LogP contribution is -1.92. The molecule has 1 aliphatic rings. The van der Waals surface area contributed by atoms with Crippen molar-refractivity contribution in [2.24, 2.45) is 0 Å². The van der Waals surface area contributed by atoms with Crippen molar-refractivity contribution in [2.75, 3.05) is 6.61 Å². The van der Waals surface area contributed by atoms with E-state index in [0.717, 1.165) is 24.5 Å². The zero-order valence-corrected chi connectivity index (χ0v) is 7.50. The van der Waals surface area contributed by atoms with Crippen LogP contribution in [0, 0.1) is 0 Å². The Morgan fingerprint density at radius 3 is 3.08 bits per heavy atom. The Hall–Kier alpha value is -1.05. The molecule has 0 fully saturated rings. The highest BCUT2D eigenvalue weighted by molar-refractivity contribution is 5.36. The molecule has 1 aliphatic heterocycles. The Morgan fingerprint density at radius 2 is 2.33 bits per heavy atom. The fourth-order valence-electron chi connectivity index (χ4n) is 1.39. The molecule has 0 bridgehead atoms. The number of hydrogen-bond donors (Lipinski definition) is 0. The molecule has 0 amide bonds. The van der Waals surface area contributed by atoms with Crippen LogP contribution in [0.4, 0.5) is 0 Å². The Kier molecular flexibility index (Phi) is 1.75. The van der Waals surface area contributed by atoms with E-state index in [4.69, 9.17) is 4.74 Å². The second kappa shape index (κ2) is 2.77. The fourth-order valence-corrected chi connectivity index (χ4v) is 1.39. The molecule has 2 rings (SSSR count). The first-order valence-corrected chi connectivity index (χ1v) is 4.39. The largest absolute Gasteiger partial charge is 0.493 e. The number of pyridine rings is 1. The molecule has 2 nitrogen and oxygen atoms in total. The third-order valence-corrected chi connectivity index (χ3v) is 2.19. The number of fused-ring (bicyclic) bond motifs is 1. The van der Waals surface area contributed by atoms with Gasteiger partial charge in [0.05, 0.1) is 6.61 Å². The minimum Gasteiger partial charge on any atom is -0.493 e. The quantitative estimate of drug-likeness (QED) is 0.632. The van der Waals surface area contributed by atoms with Crippen molar-refractivity contribution in [3.05, 3.63) is 23.5 Å². The molecule has 0 aliphatic carbocycles. The SMILES string of the molecule is CC(C)c1cc2c(cn1)CCO2. The maximum absolute atomic E-state index is 5.45. The lowest BCUT2D eigenvalue weighted by Gasteiger charge is -2.05. The molecular formula is C10H13NO. The van der Waals surface area contributed by atoms with Crippen molar-refractivity contribution in [1.82, 2.24) is 4.98 Å². The predicted octanol–water partition coefficient (Wildman–Crippen LogP) is 2.14. The van der Waals surface area contributed by atoms with Gasteiger partial charge in [-0.1, -0.05) is 13.8 Å². The lowest BCUT2D eigenvalue weighted by molar-refractivity contribution is 0.356. The third kappa shape index (κ3) is 1.17. The van der Waals surface area contributed by atoms with E-state index in [0.29, 0.717) is 5.92 Å². The van der Waals surface area contributed by atoms with Gasteiger partial charge < -0.3 is 4.74 Å². The zero-order chi connectivity index (χ0) is 8.55. The molecule has 2 heteroatoms. The first kappa shape index (κ1) is 7.59. The summed E-state index contributed by atoms with van der Waals surface area (Å²) in [5, 5.41) is 0. The molecular weight excluding hydrogens is 150 g/mol. The Bertz CT molecular complexity index is 294. The van der Waals surface area contributed by atoms with Gasteiger partial charge in [0, 0.05) is 29.9 Å². The molecule has 0 aromatic carbocycles. The van der Waals surface area contributed by atoms with E-state index in [1.54, 1.807) is 0 Å². The third-order valence-electron chi connectivity index (χ3n) is 2.19. The smallest absolute Gasteiger partial charge is 0.125 e. The molecule has 1 aromatic heterocycles. The average molecular weight is 163 g/mol. The molecule has 1 aromatic rings. The van der Waals surface area contributed by atoms with Gasteiger partial charge in [0.15, 0.2) is 0 Å². The topological polar surface area (TPSA) is 22.1 Å². The molecule has 64 valence electrons. The monoisotopic (exact) mass is 163 g/mol. The van der Waals surface area contributed by atoms with Crippen molar-refractivity contribution >= 4 is 0 Å². The highest BCUT2D eigenvalue weighted by Gasteiger charge is 2.13. The van der Waals surface area contributed by atoms with Gasteiger partial charge >= 0.3 is 0 Å². The normalized spacial score (nSPS) is 14.6. The standard InChI is InChI=1S/C10H13NO/c1-7(2)9-5-10-8(6-11-9)3-4-12-10/h5-7H,3-4H2,1-2H3. The number of hydrogen-bond acceptors (Lipinski definition) is 2. The van der Waals surface area contributed by atoms with E-state index < -0.39 is 0 Å². The van der Waals surface area contributed by atoms with Gasteiger partial charge in [0.25, 0.3) is 0 Å². The van der Waals surface area contributed by atoms with Crippen LogP contribution < -0.4 is 4.74 Å². The van der Waals surface area contributed by atoms with E-state index in [-0.39, 0.29) is 0 Å². The van der Waals surface area contributed by atoms with Crippen LogP contribution in [0.15, 0.2) is 12.3 Å². The predicted molar refractivity (Wildman–Crippen MR) is 47.5 cm³/mol. The minimum absolute atomic E-state index is 0.486. The lowest BCUT2D eigenvalue weighted by atomic mass is 10.1. The van der Waals surface area contributed by atoms with Crippen LogP contribution in [0.3, 0.4) is 0 Å². The average Bonchev–Trinajstić information content (AvgIpc) is 2.49. The molecule has 0 spiro atoms. The van der Waals surface area contributed by atoms with Crippen LogP contribution in [0.25, 0.3) is 0 Å². The van der Waals surface area contributed by atoms with E-state index in [1.807, 2.05) is 6.20 Å². The summed E-state index contributed by atoms with van der Waals surface area (Å²) >= 11 is 0. The molecule has 0 saturated heterocycles. The fraction of sp³-hybridized carbons (Fsp3) is 0.500. The van der Waals surface area contributed by atoms with Gasteiger partial charge in [0.2, 0.25) is 0 Å². The van der Waals surface area contributed by atoms with Crippen LogP contribution in [-0.2, 0) is 6.42 Å². The van der Waals surface area contributed by atoms with E-state index in [9.17, 15) is 0 Å². The maximum Gasteiger partial charge on any atom is 0.125 e. The van der Waals surface area contributed by atoms with Crippen molar-refractivity contribution in [2.45, 2.75) is 26.2 Å². The van der Waals surface area contributed by atoms with Crippen molar-refractivity contribution < 1.29 is 4.74 Å². The van der Waals surface area contributed by atoms with Gasteiger partial charge in [-0.3, -0.25) is 4.98 Å². The highest BCUT2D eigenvalue weighted by Crippen LogP contribution is 2.26. The summed E-state index contributed by atoms with van der Waals surface area (Å²) in [6.07, 6.45) is 2.96. The molecule has 0 radical (unpaired) electrons. The van der Waals surface area contributed by atoms with Crippen LogP contribution in [0.2, 0.25) is 0 Å². The molecule has 0 unspecified atom stereocenters. The Morgan fingerprint density at radius 1 is 1.50 bits per heavy atom. The minimum atomic E-state index is 0.486. The van der Waals surface area contributed by atoms with Gasteiger partial charge in [0.1, 0.15) is 5.75 Å². The second-order valence-electron chi connectivity index (χ2n) is 3.47. The van der Waals surface area contributed by atoms with E-state index in [1.165, 1.54) is 5.56 Å². The zero-order valence-electron chi connectivity index (χ0n) is 7.50. The Labute approximate surface area is 72.6 Å². The number of rotatable bonds is 1. The van der Waals surface area contributed by atoms with Crippen molar-refractivity contribution in [3.63, 3.8) is 0 Å². The van der Waals surface area contributed by atoms with Crippen LogP contribution in [0.5, 0.6) is 5.75 Å². The molecule has 12 heavy (non-hydrogen) atoms. The summed E-state index contributed by atoms with van der Waals surface area (Å²) in [4.78, 5) is 4.37. The summed E-state index contributed by atoms with van der Waals surface area (Å²) in [6, 6.07) is 2.06. The van der Waals surface area contributed by atoms with Gasteiger partial charge in [-0.2, -0.15) is 0 Å². The molecule has 0 atom stereocenters. The van der Waals surface area contributed by atoms with Gasteiger partial charge in [-0.25, -0.2) is 0 Å². The first-order valence-electron chi connectivity index (χ1n) is 4.39. The van der Waals surface area contributed by atoms with Crippen molar-refractivity contribution in [1.29, 1.82) is 0 Å². The van der Waals surface area contributed by atoms with E-state index in [2.05, 4.69) is 24.9 Å². The highest BCUT2D eigenvalue weighted by atomic mass is 16.5. The summed E-state index contributed by atoms with van der Waals surface area (Å²) in [5.41, 5.74) is 2.37. The van der Waals surface area contributed by atoms with Crippen LogP contribution >= 0.6 is 0 Å². The molecule has 0 N–H and O–H groups in total. The second-order valence-corrected chi connectivity index (χ2v) is 3.47. The summed E-state index contributed by atoms with van der Waals surface area (Å²) in [6.45, 7) is 5.10. The van der Waals surface area contributed by atoms with E-state index >= 15 is 0 Å². The first-order chi connectivity index (χ1) is 5.77. The molecule has 0 saturated carbocycles. The number of ether oxygens (including phenoxy) is 1. The van der Waals surface area contributed by atoms with Crippen LogP contribution in [0.1, 0.15) is 31.0 Å². The van der Waals surface area contributed by atoms with Gasteiger partial charge in [-0.15, -0.1) is 0 Å². The maximum atomic E-state index is 5.45.